The zero-order valence-corrected chi connectivity index (χ0v) is 21.7. The molecular formula is C24H42Cl2O3Si. The molecular weight excluding hydrogens is 435 g/mol. The molecule has 0 aliphatic heterocycles. The second-order valence-corrected chi connectivity index (χ2v) is 15.8. The fraction of sp³-hybridized carbons (Fsp3) is 0.708. The molecule has 30 heavy (non-hydrogen) atoms. The molecule has 0 N–H and O–H groups in total. The van der Waals surface area contributed by atoms with Crippen molar-refractivity contribution in [2.45, 2.75) is 96.8 Å². The van der Waals surface area contributed by atoms with E-state index in [4.69, 9.17) is 31.6 Å². The van der Waals surface area contributed by atoms with E-state index >= 15 is 0 Å². The van der Waals surface area contributed by atoms with Crippen molar-refractivity contribution in [2.24, 2.45) is 0 Å². The molecule has 0 aromatic rings. The summed E-state index contributed by atoms with van der Waals surface area (Å²) in [6, 6.07) is 0.769. The summed E-state index contributed by atoms with van der Waals surface area (Å²) >= 11 is 12.2. The first-order chi connectivity index (χ1) is 14.4. The highest BCUT2D eigenvalue weighted by Gasteiger charge is 2.22. The number of ether oxygens (including phenoxy) is 2. The lowest BCUT2D eigenvalue weighted by Gasteiger charge is -2.17. The van der Waals surface area contributed by atoms with Gasteiger partial charge in [-0.2, -0.15) is 0 Å². The van der Waals surface area contributed by atoms with Gasteiger partial charge in [0.1, 0.15) is 0 Å². The van der Waals surface area contributed by atoms with Crippen LogP contribution in [0.2, 0.25) is 12.6 Å². The Hall–Kier alpha value is -0.553. The Balaban J connectivity index is 3.87. The molecule has 1 atom stereocenters. The van der Waals surface area contributed by atoms with E-state index in [-0.39, 0.29) is 5.97 Å². The van der Waals surface area contributed by atoms with Gasteiger partial charge in [0, 0.05) is 6.61 Å². The van der Waals surface area contributed by atoms with Crippen molar-refractivity contribution in [3.8, 4) is 0 Å². The van der Waals surface area contributed by atoms with Gasteiger partial charge in [-0.15, -0.1) is 22.2 Å². The Morgan fingerprint density at radius 1 is 0.900 bits per heavy atom. The largest absolute Gasteiger partial charge is 0.464 e. The molecule has 3 nitrogen and oxygen atoms in total. The monoisotopic (exact) mass is 476 g/mol. The predicted molar refractivity (Wildman–Crippen MR) is 134 cm³/mol. The first-order valence-electron chi connectivity index (χ1n) is 11.5. The maximum atomic E-state index is 12.1. The van der Waals surface area contributed by atoms with E-state index in [0.717, 1.165) is 51.0 Å². The normalized spacial score (nSPS) is 13.6. The van der Waals surface area contributed by atoms with E-state index in [1.165, 1.54) is 12.8 Å². The summed E-state index contributed by atoms with van der Waals surface area (Å²) in [5.74, 6) is -0.254. The molecule has 0 fully saturated rings. The number of rotatable bonds is 19. The minimum absolute atomic E-state index is 0.254. The quantitative estimate of drug-likeness (QED) is 0.0620. The third-order valence-corrected chi connectivity index (χ3v) is 6.86. The van der Waals surface area contributed by atoms with Crippen molar-refractivity contribution in [3.05, 3.63) is 36.5 Å². The molecule has 1 unspecified atom stereocenters. The Morgan fingerprint density at radius 3 is 2.17 bits per heavy atom. The van der Waals surface area contributed by atoms with Gasteiger partial charge >= 0.3 is 5.97 Å². The second-order valence-electron chi connectivity index (χ2n) is 7.57. The zero-order valence-electron chi connectivity index (χ0n) is 19.2. The van der Waals surface area contributed by atoms with Crippen molar-refractivity contribution in [2.75, 3.05) is 13.2 Å². The third-order valence-electron chi connectivity index (χ3n) is 4.50. The standard InChI is InChI=1S/C24H42Cl2O3Si/c1-4-6-7-8-9-10-11-12-13-14-15-16-17-18-20-23(24(27)28-5-2)29-21-19-22-30(3,25)26/h6-7,9-10,12-13,23H,4-5,8,11,14-22H2,1-3H3/b7-6-,10-9-,13-12-. The molecule has 0 aliphatic carbocycles. The Morgan fingerprint density at radius 2 is 1.53 bits per heavy atom. The minimum Gasteiger partial charge on any atom is -0.464 e. The maximum absolute atomic E-state index is 12.1. The Kier molecular flexibility index (Phi) is 20.0. The van der Waals surface area contributed by atoms with E-state index in [1.54, 1.807) is 0 Å². The highest BCUT2D eigenvalue weighted by molar-refractivity contribution is 7.44. The fourth-order valence-corrected chi connectivity index (χ4v) is 4.45. The van der Waals surface area contributed by atoms with Crippen LogP contribution in [0.5, 0.6) is 0 Å². The molecule has 0 aliphatic rings. The number of hydrogen-bond acceptors (Lipinski definition) is 3. The molecule has 0 spiro atoms. The predicted octanol–water partition coefficient (Wildman–Crippen LogP) is 8.07. The van der Waals surface area contributed by atoms with Gasteiger partial charge < -0.3 is 9.47 Å². The van der Waals surface area contributed by atoms with Crippen molar-refractivity contribution in [1.82, 2.24) is 0 Å². The van der Waals surface area contributed by atoms with Gasteiger partial charge in [-0.1, -0.05) is 62.6 Å². The summed E-state index contributed by atoms with van der Waals surface area (Å²) < 4.78 is 10.9. The van der Waals surface area contributed by atoms with Gasteiger partial charge in [-0.3, -0.25) is 0 Å². The topological polar surface area (TPSA) is 35.5 Å². The van der Waals surface area contributed by atoms with Crippen LogP contribution in [0.25, 0.3) is 0 Å². The van der Waals surface area contributed by atoms with Gasteiger partial charge in [0.2, 0.25) is 6.69 Å². The SMILES string of the molecule is CC/C=C\C/C=C\C/C=C\CCCCCCC(OCCC[Si](C)(Cl)Cl)C(=O)OCC. The number of unbranched alkanes of at least 4 members (excludes halogenated alkanes) is 4. The first-order valence-corrected chi connectivity index (χ1v) is 16.2. The first kappa shape index (κ1) is 29.4. The average molecular weight is 478 g/mol. The number of hydrogen-bond donors (Lipinski definition) is 0. The highest BCUT2D eigenvalue weighted by Crippen LogP contribution is 2.21. The van der Waals surface area contributed by atoms with Crippen LogP contribution in [0.1, 0.15) is 78.1 Å². The highest BCUT2D eigenvalue weighted by atomic mass is 35.7. The molecule has 0 saturated heterocycles. The van der Waals surface area contributed by atoms with E-state index in [0.29, 0.717) is 19.6 Å². The van der Waals surface area contributed by atoms with Gasteiger partial charge in [0.05, 0.1) is 6.61 Å². The van der Waals surface area contributed by atoms with Crippen LogP contribution < -0.4 is 0 Å². The molecule has 0 radical (unpaired) electrons. The molecule has 0 heterocycles. The zero-order chi connectivity index (χ0) is 22.5. The molecule has 6 heteroatoms. The van der Waals surface area contributed by atoms with Crippen molar-refractivity contribution in [1.29, 1.82) is 0 Å². The summed E-state index contributed by atoms with van der Waals surface area (Å²) in [5, 5.41) is 0. The molecule has 0 rings (SSSR count). The van der Waals surface area contributed by atoms with Crippen LogP contribution in [0.15, 0.2) is 36.5 Å². The van der Waals surface area contributed by atoms with E-state index in [2.05, 4.69) is 43.4 Å². The van der Waals surface area contributed by atoms with E-state index in [9.17, 15) is 4.79 Å². The number of allylic oxidation sites excluding steroid dienone is 6. The van der Waals surface area contributed by atoms with Crippen LogP contribution in [0.3, 0.4) is 0 Å². The smallest absolute Gasteiger partial charge is 0.335 e. The fourth-order valence-electron chi connectivity index (χ4n) is 2.88. The molecule has 0 amide bonds. The van der Waals surface area contributed by atoms with Gasteiger partial charge in [-0.25, -0.2) is 4.79 Å². The lowest BCUT2D eigenvalue weighted by molar-refractivity contribution is -0.157. The lowest BCUT2D eigenvalue weighted by atomic mass is 10.1. The van der Waals surface area contributed by atoms with Crippen LogP contribution in [0.4, 0.5) is 0 Å². The third kappa shape index (κ3) is 20.7. The summed E-state index contributed by atoms with van der Waals surface area (Å²) in [4.78, 5) is 12.1. The van der Waals surface area contributed by atoms with Crippen LogP contribution in [0, 0.1) is 0 Å². The van der Waals surface area contributed by atoms with Gasteiger partial charge in [0.15, 0.2) is 6.10 Å². The van der Waals surface area contributed by atoms with Gasteiger partial charge in [-0.05, 0) is 64.5 Å². The molecule has 0 bridgehead atoms. The summed E-state index contributed by atoms with van der Waals surface area (Å²) in [6.07, 6.45) is 23.0. The Labute approximate surface area is 195 Å². The van der Waals surface area contributed by atoms with E-state index in [1.807, 2.05) is 13.5 Å². The molecule has 174 valence electrons. The number of carbonyl (C=O) groups is 1. The molecule has 0 saturated carbocycles. The van der Waals surface area contributed by atoms with Crippen molar-refractivity contribution >= 4 is 34.8 Å². The van der Waals surface area contributed by atoms with Crippen LogP contribution >= 0.6 is 22.2 Å². The second kappa shape index (κ2) is 20.4. The average Bonchev–Trinajstić information content (AvgIpc) is 2.69. The van der Waals surface area contributed by atoms with Crippen molar-refractivity contribution in [3.63, 3.8) is 0 Å². The van der Waals surface area contributed by atoms with Crippen LogP contribution in [-0.2, 0) is 14.3 Å². The molecule has 0 aromatic carbocycles. The summed E-state index contributed by atoms with van der Waals surface area (Å²) in [5.41, 5.74) is 0. The van der Waals surface area contributed by atoms with E-state index < -0.39 is 12.8 Å². The Bertz CT molecular complexity index is 499. The molecule has 0 aromatic heterocycles. The lowest BCUT2D eigenvalue weighted by Crippen LogP contribution is -2.27. The van der Waals surface area contributed by atoms with Crippen LogP contribution in [-0.4, -0.2) is 32.0 Å². The number of carbonyl (C=O) groups excluding carboxylic acids is 1. The minimum atomic E-state index is -2.10. The van der Waals surface area contributed by atoms with Gasteiger partial charge in [0.25, 0.3) is 0 Å². The summed E-state index contributed by atoms with van der Waals surface area (Å²) in [7, 11) is 0. The van der Waals surface area contributed by atoms with Crippen molar-refractivity contribution < 1.29 is 14.3 Å². The number of esters is 1. The summed E-state index contributed by atoms with van der Waals surface area (Å²) in [6.45, 7) is 4.65. The maximum Gasteiger partial charge on any atom is 0.335 e. The number of halogens is 2.